The lowest BCUT2D eigenvalue weighted by Crippen LogP contribution is -1.99. The predicted octanol–water partition coefficient (Wildman–Crippen LogP) is 3.80. The zero-order valence-corrected chi connectivity index (χ0v) is 11.0. The van der Waals surface area contributed by atoms with E-state index in [1.54, 1.807) is 19.2 Å². The van der Waals surface area contributed by atoms with E-state index in [4.69, 9.17) is 23.2 Å². The molecule has 0 aliphatic carbocycles. The monoisotopic (exact) mass is 267 g/mol. The summed E-state index contributed by atoms with van der Waals surface area (Å²) < 4.78 is 0. The van der Waals surface area contributed by atoms with Crippen LogP contribution in [0.4, 0.5) is 5.95 Å². The smallest absolute Gasteiger partial charge is 0.223 e. The number of aryl methyl sites for hydroxylation is 1. The molecule has 0 aliphatic heterocycles. The fraction of sp³-hybridized carbons (Fsp3) is 0.167. The van der Waals surface area contributed by atoms with Crippen molar-refractivity contribution in [3.05, 3.63) is 40.0 Å². The van der Waals surface area contributed by atoms with E-state index in [0.717, 1.165) is 17.0 Å². The second-order valence-corrected chi connectivity index (χ2v) is 4.44. The van der Waals surface area contributed by atoms with Crippen LogP contribution in [-0.4, -0.2) is 17.0 Å². The van der Waals surface area contributed by atoms with Gasteiger partial charge in [-0.1, -0.05) is 23.2 Å². The Morgan fingerprint density at radius 3 is 2.53 bits per heavy atom. The molecule has 0 spiro atoms. The number of rotatable bonds is 2. The minimum atomic E-state index is 0.575. The zero-order valence-electron chi connectivity index (χ0n) is 9.46. The number of hydrogen-bond donors (Lipinski definition) is 1. The number of halogens is 2. The molecule has 0 fully saturated rings. The minimum Gasteiger partial charge on any atom is -0.357 e. The number of nitrogens with one attached hydrogen (secondary N) is 1. The van der Waals surface area contributed by atoms with Gasteiger partial charge in [-0.2, -0.15) is 0 Å². The third kappa shape index (κ3) is 2.68. The van der Waals surface area contributed by atoms with Gasteiger partial charge in [0.05, 0.1) is 10.7 Å². The maximum Gasteiger partial charge on any atom is 0.223 e. The quantitative estimate of drug-likeness (QED) is 0.900. The van der Waals surface area contributed by atoms with E-state index in [1.165, 1.54) is 0 Å². The Kier molecular flexibility index (Phi) is 3.50. The first-order valence-corrected chi connectivity index (χ1v) is 5.84. The van der Waals surface area contributed by atoms with Crippen LogP contribution in [0.1, 0.15) is 5.69 Å². The third-order valence-electron chi connectivity index (χ3n) is 2.28. The molecule has 1 N–H and O–H groups in total. The average molecular weight is 268 g/mol. The van der Waals surface area contributed by atoms with Gasteiger partial charge in [0.1, 0.15) is 0 Å². The van der Waals surface area contributed by atoms with E-state index in [9.17, 15) is 0 Å². The van der Waals surface area contributed by atoms with Crippen molar-refractivity contribution in [3.8, 4) is 11.3 Å². The summed E-state index contributed by atoms with van der Waals surface area (Å²) in [4.78, 5) is 8.60. The van der Waals surface area contributed by atoms with Gasteiger partial charge >= 0.3 is 0 Å². The summed E-state index contributed by atoms with van der Waals surface area (Å²) in [6.45, 7) is 1.91. The van der Waals surface area contributed by atoms with Gasteiger partial charge in [-0.15, -0.1) is 0 Å². The molecule has 5 heteroatoms. The van der Waals surface area contributed by atoms with E-state index < -0.39 is 0 Å². The lowest BCUT2D eigenvalue weighted by atomic mass is 10.1. The zero-order chi connectivity index (χ0) is 12.4. The molecule has 2 aromatic rings. The minimum absolute atomic E-state index is 0.575. The van der Waals surface area contributed by atoms with Gasteiger partial charge in [0.2, 0.25) is 5.95 Å². The van der Waals surface area contributed by atoms with Gasteiger partial charge < -0.3 is 5.32 Å². The van der Waals surface area contributed by atoms with Crippen LogP contribution < -0.4 is 5.32 Å². The Balaban J connectivity index is 2.55. The van der Waals surface area contributed by atoms with Crippen LogP contribution in [0.3, 0.4) is 0 Å². The van der Waals surface area contributed by atoms with Crippen LogP contribution in [0.15, 0.2) is 24.3 Å². The van der Waals surface area contributed by atoms with Gasteiger partial charge in [0.15, 0.2) is 0 Å². The fourth-order valence-electron chi connectivity index (χ4n) is 1.52. The Hall–Kier alpha value is -1.32. The Bertz CT molecular complexity index is 555. The molecule has 0 atom stereocenters. The van der Waals surface area contributed by atoms with Gasteiger partial charge in [0.25, 0.3) is 0 Å². The standard InChI is InChI=1S/C12H11Cl2N3/c1-7-5-11(17-12(15-2)16-7)9-4-3-8(13)6-10(9)14/h3-6H,1-2H3,(H,15,16,17). The Morgan fingerprint density at radius 2 is 1.88 bits per heavy atom. The number of hydrogen-bond acceptors (Lipinski definition) is 3. The molecule has 0 bridgehead atoms. The van der Waals surface area contributed by atoms with Crippen molar-refractivity contribution in [2.24, 2.45) is 0 Å². The highest BCUT2D eigenvalue weighted by atomic mass is 35.5. The highest BCUT2D eigenvalue weighted by Crippen LogP contribution is 2.29. The lowest BCUT2D eigenvalue weighted by Gasteiger charge is -2.07. The van der Waals surface area contributed by atoms with Gasteiger partial charge in [-0.25, -0.2) is 9.97 Å². The van der Waals surface area contributed by atoms with Crippen molar-refractivity contribution >= 4 is 29.2 Å². The molecule has 88 valence electrons. The van der Waals surface area contributed by atoms with Crippen molar-refractivity contribution < 1.29 is 0 Å². The summed E-state index contributed by atoms with van der Waals surface area (Å²) in [6, 6.07) is 7.23. The maximum absolute atomic E-state index is 6.15. The number of anilines is 1. The largest absolute Gasteiger partial charge is 0.357 e. The number of benzene rings is 1. The number of aromatic nitrogens is 2. The topological polar surface area (TPSA) is 37.8 Å². The van der Waals surface area contributed by atoms with Crippen LogP contribution in [0.2, 0.25) is 10.0 Å². The molecule has 0 radical (unpaired) electrons. The highest BCUT2D eigenvalue weighted by molar-refractivity contribution is 6.36. The molecule has 1 aromatic heterocycles. The SMILES string of the molecule is CNc1nc(C)cc(-c2ccc(Cl)cc2Cl)n1. The average Bonchev–Trinajstić information content (AvgIpc) is 2.28. The molecule has 1 aromatic carbocycles. The predicted molar refractivity (Wildman–Crippen MR) is 71.8 cm³/mol. The normalized spacial score (nSPS) is 10.4. The maximum atomic E-state index is 6.15. The van der Waals surface area contributed by atoms with Crippen molar-refractivity contribution in [1.29, 1.82) is 0 Å². The lowest BCUT2D eigenvalue weighted by molar-refractivity contribution is 1.10. The molecule has 17 heavy (non-hydrogen) atoms. The first kappa shape index (κ1) is 12.1. The van der Waals surface area contributed by atoms with Crippen molar-refractivity contribution in [1.82, 2.24) is 9.97 Å². The van der Waals surface area contributed by atoms with Crippen LogP contribution in [-0.2, 0) is 0 Å². The third-order valence-corrected chi connectivity index (χ3v) is 2.83. The first-order valence-electron chi connectivity index (χ1n) is 5.09. The van der Waals surface area contributed by atoms with Crippen molar-refractivity contribution in [3.63, 3.8) is 0 Å². The second kappa shape index (κ2) is 4.90. The van der Waals surface area contributed by atoms with Crippen LogP contribution in [0.25, 0.3) is 11.3 Å². The van der Waals surface area contributed by atoms with Crippen LogP contribution in [0.5, 0.6) is 0 Å². The van der Waals surface area contributed by atoms with Gasteiger partial charge in [0, 0.05) is 23.3 Å². The van der Waals surface area contributed by atoms with Gasteiger partial charge in [-0.3, -0.25) is 0 Å². The molecular formula is C12H11Cl2N3. The van der Waals surface area contributed by atoms with E-state index in [-0.39, 0.29) is 0 Å². The Morgan fingerprint density at radius 1 is 1.12 bits per heavy atom. The second-order valence-electron chi connectivity index (χ2n) is 3.59. The van der Waals surface area contributed by atoms with Crippen molar-refractivity contribution in [2.75, 3.05) is 12.4 Å². The molecule has 1 heterocycles. The highest BCUT2D eigenvalue weighted by Gasteiger charge is 2.08. The molecule has 0 unspecified atom stereocenters. The van der Waals surface area contributed by atoms with E-state index >= 15 is 0 Å². The van der Waals surface area contributed by atoms with E-state index in [1.807, 2.05) is 19.1 Å². The summed E-state index contributed by atoms with van der Waals surface area (Å²) in [5, 5.41) is 4.11. The molecule has 0 aliphatic rings. The molecule has 3 nitrogen and oxygen atoms in total. The van der Waals surface area contributed by atoms with E-state index in [2.05, 4.69) is 15.3 Å². The van der Waals surface area contributed by atoms with Crippen LogP contribution >= 0.6 is 23.2 Å². The van der Waals surface area contributed by atoms with E-state index in [0.29, 0.717) is 16.0 Å². The summed E-state index contributed by atoms with van der Waals surface area (Å²) in [5.74, 6) is 0.575. The Labute approximate surface area is 110 Å². The van der Waals surface area contributed by atoms with Crippen molar-refractivity contribution in [2.45, 2.75) is 6.92 Å². The summed E-state index contributed by atoms with van der Waals surface area (Å²) in [6.07, 6.45) is 0. The molecule has 2 rings (SSSR count). The molecule has 0 saturated carbocycles. The molecular weight excluding hydrogens is 257 g/mol. The summed E-state index contributed by atoms with van der Waals surface area (Å²) in [5.41, 5.74) is 2.51. The molecule has 0 saturated heterocycles. The van der Waals surface area contributed by atoms with Crippen LogP contribution in [0, 0.1) is 6.92 Å². The fourth-order valence-corrected chi connectivity index (χ4v) is 2.02. The molecule has 0 amide bonds. The first-order chi connectivity index (χ1) is 8.10. The summed E-state index contributed by atoms with van der Waals surface area (Å²) >= 11 is 12.0. The number of nitrogens with zero attached hydrogens (tertiary/aromatic N) is 2. The van der Waals surface area contributed by atoms with Gasteiger partial charge in [-0.05, 0) is 31.2 Å². The summed E-state index contributed by atoms with van der Waals surface area (Å²) in [7, 11) is 1.78.